The Hall–Kier alpha value is 0.137. The fourth-order valence-corrected chi connectivity index (χ4v) is 8.25. The van der Waals surface area contributed by atoms with Gasteiger partial charge in [-0.25, -0.2) is 0 Å². The van der Waals surface area contributed by atoms with Gasteiger partial charge in [-0.2, -0.15) is 0 Å². The molecule has 0 saturated carbocycles. The molecule has 0 atom stereocenters. The molecule has 0 rings (SSSR count). The van der Waals surface area contributed by atoms with Crippen LogP contribution in [-0.2, 0) is 8.85 Å². The SMILES string of the molecule is CCCCCCCCCCCCCCCCCCCCCCCCC[Si](CC)(OCC)OCC. The molecule has 0 aromatic rings. The van der Waals surface area contributed by atoms with Gasteiger partial charge in [-0.05, 0) is 25.9 Å². The lowest BCUT2D eigenvalue weighted by Gasteiger charge is -2.28. The highest BCUT2D eigenvalue weighted by atomic mass is 28.4. The zero-order valence-corrected chi connectivity index (χ0v) is 25.4. The smallest absolute Gasteiger partial charge is 0.337 e. The number of hydrogen-bond donors (Lipinski definition) is 0. The van der Waals surface area contributed by atoms with Crippen LogP contribution in [0.3, 0.4) is 0 Å². The Morgan fingerprint density at radius 2 is 0.618 bits per heavy atom. The van der Waals surface area contributed by atoms with Gasteiger partial charge < -0.3 is 8.85 Å². The first-order chi connectivity index (χ1) is 16.7. The third-order valence-electron chi connectivity index (χ3n) is 7.51. The minimum Gasteiger partial charge on any atom is -0.394 e. The molecule has 0 amide bonds. The molecular weight excluding hydrogens is 432 g/mol. The summed E-state index contributed by atoms with van der Waals surface area (Å²) in [6.45, 7) is 10.4. The van der Waals surface area contributed by atoms with Crippen LogP contribution in [0.15, 0.2) is 0 Å². The molecule has 0 aromatic carbocycles. The van der Waals surface area contributed by atoms with Gasteiger partial charge in [0.2, 0.25) is 0 Å². The normalized spacial score (nSPS) is 12.0. The van der Waals surface area contributed by atoms with Crippen LogP contribution in [0.4, 0.5) is 0 Å². The minimum absolute atomic E-state index is 0.805. The molecule has 0 aromatic heterocycles. The molecule has 0 aliphatic rings. The summed E-state index contributed by atoms with van der Waals surface area (Å²) >= 11 is 0. The van der Waals surface area contributed by atoms with Gasteiger partial charge in [0, 0.05) is 13.2 Å². The molecule has 0 radical (unpaired) electrons. The average Bonchev–Trinajstić information content (AvgIpc) is 2.84. The lowest BCUT2D eigenvalue weighted by Crippen LogP contribution is -2.41. The summed E-state index contributed by atoms with van der Waals surface area (Å²) in [6.07, 6.45) is 33.3. The van der Waals surface area contributed by atoms with Crippen LogP contribution in [-0.4, -0.2) is 21.8 Å². The van der Waals surface area contributed by atoms with E-state index in [9.17, 15) is 0 Å². The second-order valence-electron chi connectivity index (χ2n) is 10.7. The monoisotopic (exact) mass is 498 g/mol. The highest BCUT2D eigenvalue weighted by Gasteiger charge is 2.33. The zero-order valence-electron chi connectivity index (χ0n) is 24.4. The maximum Gasteiger partial charge on any atom is 0.337 e. The van der Waals surface area contributed by atoms with Gasteiger partial charge >= 0.3 is 8.56 Å². The molecular formula is C31H66O2Si. The maximum absolute atomic E-state index is 6.09. The number of rotatable bonds is 29. The Morgan fingerprint density at radius 1 is 0.353 bits per heavy atom. The molecule has 3 heteroatoms. The van der Waals surface area contributed by atoms with Gasteiger partial charge in [0.1, 0.15) is 0 Å². The molecule has 0 bridgehead atoms. The Labute approximate surface area is 218 Å². The molecule has 206 valence electrons. The van der Waals surface area contributed by atoms with E-state index in [4.69, 9.17) is 8.85 Å². The molecule has 0 heterocycles. The molecule has 0 N–H and O–H groups in total. The summed E-state index contributed by atoms with van der Waals surface area (Å²) in [4.78, 5) is 0. The van der Waals surface area contributed by atoms with E-state index < -0.39 is 8.56 Å². The van der Waals surface area contributed by atoms with Gasteiger partial charge in [-0.15, -0.1) is 0 Å². The molecule has 0 aliphatic carbocycles. The Bertz CT molecular complexity index is 368. The molecule has 0 unspecified atom stereocenters. The molecule has 0 spiro atoms. The summed E-state index contributed by atoms with van der Waals surface area (Å²) in [5.41, 5.74) is 0. The van der Waals surface area contributed by atoms with Crippen molar-refractivity contribution < 1.29 is 8.85 Å². The van der Waals surface area contributed by atoms with Crippen LogP contribution >= 0.6 is 0 Å². The summed E-state index contributed by atoms with van der Waals surface area (Å²) in [6, 6.07) is 2.28. The first-order valence-electron chi connectivity index (χ1n) is 16.0. The highest BCUT2D eigenvalue weighted by Crippen LogP contribution is 2.23. The lowest BCUT2D eigenvalue weighted by atomic mass is 10.0. The van der Waals surface area contributed by atoms with Crippen molar-refractivity contribution in [2.75, 3.05) is 13.2 Å². The third kappa shape index (κ3) is 22.6. The van der Waals surface area contributed by atoms with Crippen molar-refractivity contribution in [2.45, 2.75) is 187 Å². The largest absolute Gasteiger partial charge is 0.394 e. The van der Waals surface area contributed by atoms with Crippen molar-refractivity contribution in [3.8, 4) is 0 Å². The van der Waals surface area contributed by atoms with Gasteiger partial charge in [0.15, 0.2) is 0 Å². The second kappa shape index (κ2) is 27.7. The quantitative estimate of drug-likeness (QED) is 0.0753. The van der Waals surface area contributed by atoms with Crippen molar-refractivity contribution in [1.82, 2.24) is 0 Å². The van der Waals surface area contributed by atoms with E-state index in [1.54, 1.807) is 0 Å². The molecule has 0 fully saturated rings. The van der Waals surface area contributed by atoms with Crippen molar-refractivity contribution in [1.29, 1.82) is 0 Å². The Balaban J connectivity index is 3.25. The van der Waals surface area contributed by atoms with E-state index >= 15 is 0 Å². The average molecular weight is 499 g/mol. The topological polar surface area (TPSA) is 18.5 Å². The Morgan fingerprint density at radius 3 is 0.853 bits per heavy atom. The van der Waals surface area contributed by atoms with Crippen LogP contribution in [0.1, 0.15) is 175 Å². The van der Waals surface area contributed by atoms with Crippen LogP contribution < -0.4 is 0 Å². The summed E-state index contributed by atoms with van der Waals surface area (Å²) in [5.74, 6) is 0. The van der Waals surface area contributed by atoms with Crippen molar-refractivity contribution >= 4 is 8.56 Å². The van der Waals surface area contributed by atoms with Crippen LogP contribution in [0.5, 0.6) is 0 Å². The van der Waals surface area contributed by atoms with Crippen molar-refractivity contribution in [3.63, 3.8) is 0 Å². The predicted octanol–water partition coefficient (Wildman–Crippen LogP) is 11.5. The predicted molar refractivity (Wildman–Crippen MR) is 156 cm³/mol. The minimum atomic E-state index is -1.89. The van der Waals surface area contributed by atoms with Crippen LogP contribution in [0.25, 0.3) is 0 Å². The molecule has 34 heavy (non-hydrogen) atoms. The zero-order chi connectivity index (χ0) is 25.0. The van der Waals surface area contributed by atoms with E-state index in [2.05, 4.69) is 27.7 Å². The van der Waals surface area contributed by atoms with Gasteiger partial charge in [-0.1, -0.05) is 162 Å². The van der Waals surface area contributed by atoms with Gasteiger partial charge in [0.25, 0.3) is 0 Å². The molecule has 0 aliphatic heterocycles. The second-order valence-corrected chi connectivity index (χ2v) is 14.3. The summed E-state index contributed by atoms with van der Waals surface area (Å²) in [5, 5.41) is 0. The first kappa shape index (κ1) is 34.1. The van der Waals surface area contributed by atoms with E-state index in [0.717, 1.165) is 19.3 Å². The van der Waals surface area contributed by atoms with Crippen molar-refractivity contribution in [3.05, 3.63) is 0 Å². The van der Waals surface area contributed by atoms with Crippen LogP contribution in [0, 0.1) is 0 Å². The first-order valence-corrected chi connectivity index (χ1v) is 18.3. The van der Waals surface area contributed by atoms with E-state index in [1.807, 2.05) is 0 Å². The number of hydrogen-bond acceptors (Lipinski definition) is 2. The van der Waals surface area contributed by atoms with Gasteiger partial charge in [0.05, 0.1) is 0 Å². The fourth-order valence-electron chi connectivity index (χ4n) is 5.27. The van der Waals surface area contributed by atoms with Crippen LogP contribution in [0.2, 0.25) is 12.1 Å². The Kier molecular flexibility index (Phi) is 27.8. The van der Waals surface area contributed by atoms with E-state index in [1.165, 1.54) is 154 Å². The maximum atomic E-state index is 6.09. The van der Waals surface area contributed by atoms with Gasteiger partial charge in [-0.3, -0.25) is 0 Å². The molecule has 2 nitrogen and oxygen atoms in total. The summed E-state index contributed by atoms with van der Waals surface area (Å²) < 4.78 is 12.2. The third-order valence-corrected chi connectivity index (χ3v) is 11.3. The van der Waals surface area contributed by atoms with E-state index in [-0.39, 0.29) is 0 Å². The lowest BCUT2D eigenvalue weighted by molar-refractivity contribution is 0.182. The summed E-state index contributed by atoms with van der Waals surface area (Å²) in [7, 11) is -1.89. The molecule has 0 saturated heterocycles. The standard InChI is InChI=1S/C31H66O2Si/c1-5-9-10-11-12-13-14-15-16-17-18-19-20-21-22-23-24-25-26-27-28-29-30-31-34(8-4,32-6-2)33-7-3/h5-31H2,1-4H3. The van der Waals surface area contributed by atoms with E-state index in [0.29, 0.717) is 0 Å². The highest BCUT2D eigenvalue weighted by molar-refractivity contribution is 6.67. The number of unbranched alkanes of at least 4 members (excludes halogenated alkanes) is 22. The fraction of sp³-hybridized carbons (Fsp3) is 1.00. The van der Waals surface area contributed by atoms with Crippen molar-refractivity contribution in [2.24, 2.45) is 0 Å².